The van der Waals surface area contributed by atoms with Crippen molar-refractivity contribution < 1.29 is 14.6 Å². The van der Waals surface area contributed by atoms with Crippen LogP contribution in [0.3, 0.4) is 0 Å². The van der Waals surface area contributed by atoms with Crippen LogP contribution in [0.2, 0.25) is 0 Å². The second-order valence-corrected chi connectivity index (χ2v) is 7.57. The zero-order chi connectivity index (χ0) is 13.6. The van der Waals surface area contributed by atoms with Gasteiger partial charge in [0.25, 0.3) is 0 Å². The lowest BCUT2D eigenvalue weighted by atomic mass is 9.35. The van der Waals surface area contributed by atoms with E-state index < -0.39 is 11.7 Å². The Hall–Kier alpha value is -0.770. The van der Waals surface area contributed by atoms with Crippen molar-refractivity contribution in [1.82, 2.24) is 5.32 Å². The number of nitrogens with one attached hydrogen (secondary N) is 1. The molecule has 0 aromatic carbocycles. The summed E-state index contributed by atoms with van der Waals surface area (Å²) in [6.45, 7) is 7.80. The quantitative estimate of drug-likeness (QED) is 0.811. The molecule has 2 N–H and O–H groups in total. The van der Waals surface area contributed by atoms with Crippen molar-refractivity contribution in [1.29, 1.82) is 0 Å². The van der Waals surface area contributed by atoms with Gasteiger partial charge in [-0.2, -0.15) is 0 Å². The maximum absolute atomic E-state index is 11.7. The molecule has 0 spiro atoms. The minimum absolute atomic E-state index is 0.0162. The number of carbonyl (C=O) groups is 1. The van der Waals surface area contributed by atoms with E-state index in [4.69, 9.17) is 4.74 Å². The summed E-state index contributed by atoms with van der Waals surface area (Å²) in [7, 11) is 0. The highest BCUT2D eigenvalue weighted by atomic mass is 16.6. The van der Waals surface area contributed by atoms with Gasteiger partial charge in [0, 0.05) is 0 Å². The molecule has 3 aliphatic rings. The van der Waals surface area contributed by atoms with Crippen LogP contribution in [0, 0.1) is 10.8 Å². The van der Waals surface area contributed by atoms with E-state index in [9.17, 15) is 9.90 Å². The van der Waals surface area contributed by atoms with Crippen molar-refractivity contribution in [3.05, 3.63) is 0 Å². The lowest BCUT2D eigenvalue weighted by Crippen LogP contribution is -2.62. The fraction of sp³-hybridized carbons (Fsp3) is 0.929. The number of alkyl carbamates (subject to hydrolysis) is 1. The first-order valence-corrected chi connectivity index (χ1v) is 6.76. The van der Waals surface area contributed by atoms with Crippen LogP contribution < -0.4 is 5.32 Å². The van der Waals surface area contributed by atoms with Gasteiger partial charge in [0.2, 0.25) is 0 Å². The molecular formula is C14H25NO3. The SMILES string of the molecule is CC12CC(C[C@H](CO)NC(=O)OC(C)(C)C)(C1)C2. The van der Waals surface area contributed by atoms with Gasteiger partial charge in [0.15, 0.2) is 0 Å². The van der Waals surface area contributed by atoms with E-state index in [1.165, 1.54) is 19.3 Å². The number of aliphatic hydroxyl groups is 1. The number of rotatable bonds is 4. The Balaban J connectivity index is 1.78. The Morgan fingerprint density at radius 3 is 2.33 bits per heavy atom. The number of hydrogen-bond acceptors (Lipinski definition) is 3. The van der Waals surface area contributed by atoms with Crippen molar-refractivity contribution in [2.45, 2.75) is 65.0 Å². The van der Waals surface area contributed by atoms with Crippen LogP contribution in [0.4, 0.5) is 4.79 Å². The molecule has 1 atom stereocenters. The predicted octanol–water partition coefficient (Wildman–Crippen LogP) is 2.45. The normalized spacial score (nSPS) is 35.2. The molecule has 0 unspecified atom stereocenters. The number of hydrogen-bond donors (Lipinski definition) is 2. The van der Waals surface area contributed by atoms with Crippen molar-refractivity contribution in [2.75, 3.05) is 6.61 Å². The standard InChI is InChI=1S/C14H25NO3/c1-12(2,3)18-11(17)15-10(6-16)5-14-7-13(4,8-14)9-14/h10,16H,5-9H2,1-4H3,(H,15,17)/t10-,13?,14?/m1/s1. The minimum atomic E-state index is -0.492. The Morgan fingerprint density at radius 2 is 1.94 bits per heavy atom. The Kier molecular flexibility index (Phi) is 3.13. The molecule has 3 saturated carbocycles. The molecule has 104 valence electrons. The molecule has 0 aliphatic heterocycles. The summed E-state index contributed by atoms with van der Waals surface area (Å²) in [5.74, 6) is 0. The lowest BCUT2D eigenvalue weighted by molar-refractivity contribution is -0.199. The number of carbonyl (C=O) groups excluding carboxylic acids is 1. The summed E-state index contributed by atoms with van der Waals surface area (Å²) in [5, 5.41) is 12.1. The van der Waals surface area contributed by atoms with E-state index in [1.807, 2.05) is 20.8 Å². The van der Waals surface area contributed by atoms with Crippen LogP contribution in [0.25, 0.3) is 0 Å². The Bertz CT molecular complexity index is 326. The fourth-order valence-corrected chi connectivity index (χ4v) is 3.94. The molecule has 3 aliphatic carbocycles. The lowest BCUT2D eigenvalue weighted by Gasteiger charge is -2.70. The topological polar surface area (TPSA) is 58.6 Å². The van der Waals surface area contributed by atoms with Gasteiger partial charge in [-0.25, -0.2) is 4.79 Å². The van der Waals surface area contributed by atoms with Gasteiger partial charge >= 0.3 is 6.09 Å². The fourth-order valence-electron chi connectivity index (χ4n) is 3.94. The highest BCUT2D eigenvalue weighted by Gasteiger charge is 2.64. The average Bonchev–Trinajstić information content (AvgIpc) is 2.09. The van der Waals surface area contributed by atoms with Gasteiger partial charge in [-0.15, -0.1) is 0 Å². The highest BCUT2D eigenvalue weighted by molar-refractivity contribution is 5.68. The zero-order valence-electron chi connectivity index (χ0n) is 11.9. The van der Waals surface area contributed by atoms with Gasteiger partial charge in [0.1, 0.15) is 5.60 Å². The van der Waals surface area contributed by atoms with Crippen molar-refractivity contribution in [3.63, 3.8) is 0 Å². The highest BCUT2D eigenvalue weighted by Crippen LogP contribution is 2.74. The predicted molar refractivity (Wildman–Crippen MR) is 69.3 cm³/mol. The third kappa shape index (κ3) is 2.79. The molecule has 3 fully saturated rings. The molecule has 2 bridgehead atoms. The zero-order valence-corrected chi connectivity index (χ0v) is 11.9. The molecule has 18 heavy (non-hydrogen) atoms. The van der Waals surface area contributed by atoms with Gasteiger partial charge in [-0.05, 0) is 57.3 Å². The van der Waals surface area contributed by atoms with E-state index in [0.717, 1.165) is 6.42 Å². The summed E-state index contributed by atoms with van der Waals surface area (Å²) < 4.78 is 5.21. The molecular weight excluding hydrogens is 230 g/mol. The number of aliphatic hydroxyl groups excluding tert-OH is 1. The smallest absolute Gasteiger partial charge is 0.407 e. The summed E-state index contributed by atoms with van der Waals surface area (Å²) in [4.78, 5) is 11.7. The first-order valence-electron chi connectivity index (χ1n) is 6.76. The van der Waals surface area contributed by atoms with E-state index in [0.29, 0.717) is 10.8 Å². The first kappa shape index (κ1) is 13.7. The number of ether oxygens (including phenoxy) is 1. The van der Waals surface area contributed by atoms with Gasteiger partial charge in [0.05, 0.1) is 12.6 Å². The maximum Gasteiger partial charge on any atom is 0.407 e. The van der Waals surface area contributed by atoms with Crippen LogP contribution in [0.1, 0.15) is 53.4 Å². The minimum Gasteiger partial charge on any atom is -0.444 e. The summed E-state index contributed by atoms with van der Waals surface area (Å²) in [6, 6.07) is -0.176. The molecule has 0 aromatic rings. The van der Waals surface area contributed by atoms with Gasteiger partial charge < -0.3 is 15.2 Å². The van der Waals surface area contributed by atoms with Crippen LogP contribution >= 0.6 is 0 Å². The monoisotopic (exact) mass is 255 g/mol. The Morgan fingerprint density at radius 1 is 1.39 bits per heavy atom. The van der Waals surface area contributed by atoms with Crippen molar-refractivity contribution >= 4 is 6.09 Å². The molecule has 0 radical (unpaired) electrons. The van der Waals surface area contributed by atoms with E-state index in [1.54, 1.807) is 0 Å². The molecule has 3 rings (SSSR count). The second-order valence-electron chi connectivity index (χ2n) is 7.57. The Labute approximate surface area is 109 Å². The van der Waals surface area contributed by atoms with Crippen LogP contribution in [0.5, 0.6) is 0 Å². The van der Waals surface area contributed by atoms with E-state index >= 15 is 0 Å². The number of amides is 1. The van der Waals surface area contributed by atoms with Crippen molar-refractivity contribution in [3.8, 4) is 0 Å². The largest absolute Gasteiger partial charge is 0.444 e. The molecule has 0 aromatic heterocycles. The summed E-state index contributed by atoms with van der Waals surface area (Å²) in [5.41, 5.74) is 0.455. The summed E-state index contributed by atoms with van der Waals surface area (Å²) in [6.07, 6.45) is 4.17. The third-order valence-electron chi connectivity index (χ3n) is 4.03. The van der Waals surface area contributed by atoms with E-state index in [-0.39, 0.29) is 12.6 Å². The van der Waals surface area contributed by atoms with Crippen molar-refractivity contribution in [2.24, 2.45) is 10.8 Å². The third-order valence-corrected chi connectivity index (χ3v) is 4.03. The molecule has 0 saturated heterocycles. The van der Waals surface area contributed by atoms with Gasteiger partial charge in [-0.3, -0.25) is 0 Å². The molecule has 4 heteroatoms. The first-order chi connectivity index (χ1) is 8.15. The van der Waals surface area contributed by atoms with Crippen LogP contribution in [-0.4, -0.2) is 29.4 Å². The van der Waals surface area contributed by atoms with E-state index in [2.05, 4.69) is 12.2 Å². The summed E-state index contributed by atoms with van der Waals surface area (Å²) >= 11 is 0. The maximum atomic E-state index is 11.7. The molecule has 4 nitrogen and oxygen atoms in total. The van der Waals surface area contributed by atoms with Crippen LogP contribution in [-0.2, 0) is 4.74 Å². The molecule has 0 heterocycles. The average molecular weight is 255 g/mol. The van der Waals surface area contributed by atoms with Crippen LogP contribution in [0.15, 0.2) is 0 Å². The molecule has 1 amide bonds. The van der Waals surface area contributed by atoms with Gasteiger partial charge in [-0.1, -0.05) is 6.92 Å². The second kappa shape index (κ2) is 4.12.